The van der Waals surface area contributed by atoms with Gasteiger partial charge >= 0.3 is 5.97 Å². The molecule has 2 aliphatic rings. The van der Waals surface area contributed by atoms with Crippen molar-refractivity contribution in [2.45, 2.75) is 44.6 Å². The molecule has 1 aromatic carbocycles. The Balaban J connectivity index is 1.45. The van der Waals surface area contributed by atoms with Crippen LogP contribution in [0.2, 0.25) is 0 Å². The highest BCUT2D eigenvalue weighted by Crippen LogP contribution is 2.32. The average Bonchev–Trinajstić information content (AvgIpc) is 3.16. The fraction of sp³-hybridized carbons (Fsp3) is 0.600. The minimum absolute atomic E-state index is 0.0836. The highest BCUT2D eigenvalue weighted by molar-refractivity contribution is 5.69. The fourth-order valence-electron chi connectivity index (χ4n) is 4.09. The van der Waals surface area contributed by atoms with Crippen LogP contribution in [-0.2, 0) is 9.53 Å². The number of anilines is 1. The first-order valence-electron chi connectivity index (χ1n) is 9.25. The van der Waals surface area contributed by atoms with Crippen molar-refractivity contribution < 1.29 is 9.53 Å². The molecule has 25 heavy (non-hydrogen) atoms. The number of methoxy groups -OCH3 is 1. The monoisotopic (exact) mass is 341 g/mol. The molecule has 2 fully saturated rings. The molecule has 5 heteroatoms. The van der Waals surface area contributed by atoms with Crippen molar-refractivity contribution in [3.63, 3.8) is 0 Å². The van der Waals surface area contributed by atoms with Crippen molar-refractivity contribution in [2.75, 3.05) is 31.8 Å². The van der Waals surface area contributed by atoms with Gasteiger partial charge < -0.3 is 9.64 Å². The second-order valence-electron chi connectivity index (χ2n) is 7.17. The molecule has 1 heterocycles. The smallest absolute Gasteiger partial charge is 0.305 e. The van der Waals surface area contributed by atoms with Gasteiger partial charge in [0, 0.05) is 31.2 Å². The average molecular weight is 341 g/mol. The van der Waals surface area contributed by atoms with Crippen LogP contribution in [-0.4, -0.2) is 43.8 Å². The molecule has 3 rings (SSSR count). The number of carbonyl (C=O) groups excluding carboxylic acids is 1. The SMILES string of the molecule is COC(=O)CCC1CCC(N2CCN(c3ccc(C#N)cc3)C2)CC1. The van der Waals surface area contributed by atoms with Gasteiger partial charge in [-0.2, -0.15) is 5.26 Å². The minimum Gasteiger partial charge on any atom is -0.469 e. The maximum Gasteiger partial charge on any atom is 0.305 e. The Morgan fingerprint density at radius 2 is 1.92 bits per heavy atom. The molecule has 5 nitrogen and oxygen atoms in total. The number of nitriles is 1. The number of rotatable bonds is 5. The minimum atomic E-state index is -0.0836. The summed E-state index contributed by atoms with van der Waals surface area (Å²) in [5, 5.41) is 8.91. The number of nitrogens with zero attached hydrogens (tertiary/aromatic N) is 3. The van der Waals surface area contributed by atoms with Gasteiger partial charge in [0.05, 0.1) is 25.4 Å². The van der Waals surface area contributed by atoms with Crippen molar-refractivity contribution in [3.05, 3.63) is 29.8 Å². The molecular formula is C20H27N3O2. The fourth-order valence-corrected chi connectivity index (χ4v) is 4.09. The quantitative estimate of drug-likeness (QED) is 0.770. The summed E-state index contributed by atoms with van der Waals surface area (Å²) in [6.45, 7) is 3.13. The zero-order valence-corrected chi connectivity index (χ0v) is 15.0. The molecular weight excluding hydrogens is 314 g/mol. The summed E-state index contributed by atoms with van der Waals surface area (Å²) in [7, 11) is 1.46. The number of hydrogen-bond donors (Lipinski definition) is 0. The summed E-state index contributed by atoms with van der Waals surface area (Å²) in [6, 6.07) is 10.7. The standard InChI is InChI=1S/C20H27N3O2/c1-25-20(24)11-6-16-2-7-18(8-3-16)22-12-13-23(15-22)19-9-4-17(14-21)5-10-19/h4-5,9-10,16,18H,2-3,6-8,11-13,15H2,1H3. The topological polar surface area (TPSA) is 56.6 Å². The Morgan fingerprint density at radius 1 is 1.20 bits per heavy atom. The Bertz CT molecular complexity index is 615. The zero-order chi connectivity index (χ0) is 17.6. The second kappa shape index (κ2) is 8.35. The van der Waals surface area contributed by atoms with E-state index in [-0.39, 0.29) is 5.97 Å². The highest BCUT2D eigenvalue weighted by Gasteiger charge is 2.30. The number of ether oxygens (including phenoxy) is 1. The second-order valence-corrected chi connectivity index (χ2v) is 7.17. The van der Waals surface area contributed by atoms with Crippen LogP contribution in [0.3, 0.4) is 0 Å². The van der Waals surface area contributed by atoms with E-state index in [0.29, 0.717) is 23.9 Å². The summed E-state index contributed by atoms with van der Waals surface area (Å²) in [4.78, 5) is 16.3. The molecule has 0 amide bonds. The first-order chi connectivity index (χ1) is 12.2. The Morgan fingerprint density at radius 3 is 2.56 bits per heavy atom. The van der Waals surface area contributed by atoms with Crippen LogP contribution < -0.4 is 4.90 Å². The molecule has 134 valence electrons. The summed E-state index contributed by atoms with van der Waals surface area (Å²) in [5.41, 5.74) is 1.92. The van der Waals surface area contributed by atoms with Gasteiger partial charge in [-0.25, -0.2) is 0 Å². The lowest BCUT2D eigenvalue weighted by atomic mass is 9.83. The van der Waals surface area contributed by atoms with Crippen molar-refractivity contribution >= 4 is 11.7 Å². The first-order valence-corrected chi connectivity index (χ1v) is 9.25. The number of hydrogen-bond acceptors (Lipinski definition) is 5. The van der Waals surface area contributed by atoms with Gasteiger partial charge in [-0.05, 0) is 62.3 Å². The number of esters is 1. The molecule has 1 aromatic rings. The highest BCUT2D eigenvalue weighted by atomic mass is 16.5. The number of carbonyl (C=O) groups is 1. The van der Waals surface area contributed by atoms with E-state index >= 15 is 0 Å². The van der Waals surface area contributed by atoms with E-state index in [1.807, 2.05) is 24.3 Å². The normalized spacial score (nSPS) is 24.1. The lowest BCUT2D eigenvalue weighted by molar-refractivity contribution is -0.141. The summed E-state index contributed by atoms with van der Waals surface area (Å²) in [6.07, 6.45) is 6.42. The Labute approximate surface area is 150 Å². The van der Waals surface area contributed by atoms with E-state index in [1.165, 1.54) is 38.5 Å². The lowest BCUT2D eigenvalue weighted by Crippen LogP contribution is -2.37. The van der Waals surface area contributed by atoms with E-state index in [9.17, 15) is 4.79 Å². The molecule has 0 unspecified atom stereocenters. The molecule has 1 aliphatic carbocycles. The van der Waals surface area contributed by atoms with Crippen LogP contribution in [0.5, 0.6) is 0 Å². The van der Waals surface area contributed by atoms with Gasteiger partial charge in [-0.3, -0.25) is 9.69 Å². The van der Waals surface area contributed by atoms with Crippen LogP contribution in [0.4, 0.5) is 5.69 Å². The summed E-state index contributed by atoms with van der Waals surface area (Å²) in [5.74, 6) is 0.590. The Kier molecular flexibility index (Phi) is 5.93. The molecule has 0 N–H and O–H groups in total. The molecule has 0 atom stereocenters. The van der Waals surface area contributed by atoms with Gasteiger partial charge in [0.25, 0.3) is 0 Å². The van der Waals surface area contributed by atoms with E-state index < -0.39 is 0 Å². The van der Waals surface area contributed by atoms with Gasteiger partial charge in [-0.15, -0.1) is 0 Å². The van der Waals surface area contributed by atoms with E-state index in [1.54, 1.807) is 0 Å². The van der Waals surface area contributed by atoms with Crippen LogP contribution in [0.25, 0.3) is 0 Å². The van der Waals surface area contributed by atoms with Crippen LogP contribution in [0, 0.1) is 17.2 Å². The Hall–Kier alpha value is -2.06. The molecule has 1 aliphatic heterocycles. The molecule has 0 aromatic heterocycles. The van der Waals surface area contributed by atoms with Gasteiger partial charge in [-0.1, -0.05) is 0 Å². The van der Waals surface area contributed by atoms with Crippen LogP contribution in [0.1, 0.15) is 44.1 Å². The molecule has 0 radical (unpaired) electrons. The van der Waals surface area contributed by atoms with E-state index in [4.69, 9.17) is 10.00 Å². The molecule has 0 bridgehead atoms. The third-order valence-corrected chi connectivity index (χ3v) is 5.69. The van der Waals surface area contributed by atoms with Crippen LogP contribution >= 0.6 is 0 Å². The third kappa shape index (κ3) is 4.52. The van der Waals surface area contributed by atoms with E-state index in [2.05, 4.69) is 15.9 Å². The maximum atomic E-state index is 11.3. The summed E-state index contributed by atoms with van der Waals surface area (Å²) >= 11 is 0. The summed E-state index contributed by atoms with van der Waals surface area (Å²) < 4.78 is 4.74. The van der Waals surface area contributed by atoms with Crippen molar-refractivity contribution in [2.24, 2.45) is 5.92 Å². The molecule has 1 saturated carbocycles. The predicted octanol–water partition coefficient (Wildman–Crippen LogP) is 3.15. The predicted molar refractivity (Wildman–Crippen MR) is 97.1 cm³/mol. The van der Waals surface area contributed by atoms with Crippen molar-refractivity contribution in [3.8, 4) is 6.07 Å². The largest absolute Gasteiger partial charge is 0.469 e. The van der Waals surface area contributed by atoms with Crippen LogP contribution in [0.15, 0.2) is 24.3 Å². The van der Waals surface area contributed by atoms with Gasteiger partial charge in [0.15, 0.2) is 0 Å². The van der Waals surface area contributed by atoms with Crippen molar-refractivity contribution in [1.82, 2.24) is 4.90 Å². The third-order valence-electron chi connectivity index (χ3n) is 5.69. The first kappa shape index (κ1) is 17.8. The lowest BCUT2D eigenvalue weighted by Gasteiger charge is -2.34. The van der Waals surface area contributed by atoms with Crippen molar-refractivity contribution in [1.29, 1.82) is 5.26 Å². The maximum absolute atomic E-state index is 11.3. The van der Waals surface area contributed by atoms with E-state index in [0.717, 1.165) is 26.2 Å². The number of benzene rings is 1. The van der Waals surface area contributed by atoms with Gasteiger partial charge in [0.1, 0.15) is 0 Å². The zero-order valence-electron chi connectivity index (χ0n) is 15.0. The molecule has 1 saturated heterocycles. The molecule has 0 spiro atoms. The van der Waals surface area contributed by atoms with Gasteiger partial charge in [0.2, 0.25) is 0 Å².